The van der Waals surface area contributed by atoms with Crippen LogP contribution in [-0.2, 0) is 6.42 Å². The Morgan fingerprint density at radius 3 is 2.90 bits per heavy atom. The molecule has 1 aromatic heterocycles. The monoisotopic (exact) mass is 413 g/mol. The van der Waals surface area contributed by atoms with Crippen molar-refractivity contribution in [1.82, 2.24) is 0 Å². The van der Waals surface area contributed by atoms with Crippen LogP contribution < -0.4 is 10.1 Å². The van der Waals surface area contributed by atoms with E-state index in [9.17, 15) is 0 Å². The van der Waals surface area contributed by atoms with E-state index in [1.54, 1.807) is 12.0 Å². The van der Waals surface area contributed by atoms with Gasteiger partial charge in [0, 0.05) is 16.1 Å². The predicted octanol–water partition coefficient (Wildman–Crippen LogP) is 5.47. The van der Waals surface area contributed by atoms with Crippen molar-refractivity contribution in [3.05, 3.63) is 42.7 Å². The number of benzene rings is 1. The average molecular weight is 413 g/mol. The SMILES string of the molecule is COc1c(C)ccc(NC2CCCc3sc(I)cc32)c1C. The third-order valence-corrected chi connectivity index (χ3v) is 6.19. The number of thiophene rings is 1. The fraction of sp³-hybridized carbons (Fsp3) is 0.412. The molecule has 1 N–H and O–H groups in total. The van der Waals surface area contributed by atoms with Crippen LogP contribution in [-0.4, -0.2) is 7.11 Å². The van der Waals surface area contributed by atoms with E-state index in [1.807, 2.05) is 11.3 Å². The number of ether oxygens (including phenoxy) is 1. The highest BCUT2D eigenvalue weighted by Crippen LogP contribution is 2.39. The second-order valence-corrected chi connectivity index (χ2v) is 8.64. The molecule has 21 heavy (non-hydrogen) atoms. The highest BCUT2D eigenvalue weighted by Gasteiger charge is 2.23. The molecule has 0 saturated carbocycles. The fourth-order valence-corrected chi connectivity index (χ4v) is 5.28. The van der Waals surface area contributed by atoms with Gasteiger partial charge in [-0.3, -0.25) is 0 Å². The Morgan fingerprint density at radius 2 is 2.14 bits per heavy atom. The van der Waals surface area contributed by atoms with E-state index in [4.69, 9.17) is 4.74 Å². The molecule has 1 aliphatic rings. The summed E-state index contributed by atoms with van der Waals surface area (Å²) >= 11 is 4.38. The molecule has 0 saturated heterocycles. The first-order valence-electron chi connectivity index (χ1n) is 7.29. The molecule has 1 heterocycles. The Hall–Kier alpha value is -0.750. The zero-order valence-corrected chi connectivity index (χ0v) is 15.6. The summed E-state index contributed by atoms with van der Waals surface area (Å²) in [6.45, 7) is 4.23. The molecule has 2 nitrogen and oxygen atoms in total. The van der Waals surface area contributed by atoms with Crippen LogP contribution in [0.5, 0.6) is 5.75 Å². The van der Waals surface area contributed by atoms with Crippen molar-refractivity contribution in [3.8, 4) is 5.75 Å². The van der Waals surface area contributed by atoms with Crippen LogP contribution in [0.3, 0.4) is 0 Å². The number of rotatable bonds is 3. The Morgan fingerprint density at radius 1 is 1.33 bits per heavy atom. The topological polar surface area (TPSA) is 21.3 Å². The zero-order valence-electron chi connectivity index (χ0n) is 12.6. The number of anilines is 1. The Bertz CT molecular complexity index is 665. The largest absolute Gasteiger partial charge is 0.496 e. The van der Waals surface area contributed by atoms with Crippen molar-refractivity contribution in [2.45, 2.75) is 39.2 Å². The smallest absolute Gasteiger partial charge is 0.126 e. The quantitative estimate of drug-likeness (QED) is 0.674. The average Bonchev–Trinajstić information content (AvgIpc) is 2.84. The van der Waals surface area contributed by atoms with Gasteiger partial charge >= 0.3 is 0 Å². The summed E-state index contributed by atoms with van der Waals surface area (Å²) in [4.78, 5) is 1.56. The van der Waals surface area contributed by atoms with E-state index in [0.29, 0.717) is 6.04 Å². The van der Waals surface area contributed by atoms with Gasteiger partial charge < -0.3 is 10.1 Å². The van der Waals surface area contributed by atoms with E-state index < -0.39 is 0 Å². The normalized spacial score (nSPS) is 17.4. The minimum absolute atomic E-state index is 0.430. The van der Waals surface area contributed by atoms with Crippen molar-refractivity contribution in [3.63, 3.8) is 0 Å². The minimum Gasteiger partial charge on any atom is -0.496 e. The molecule has 112 valence electrons. The summed E-state index contributed by atoms with van der Waals surface area (Å²) in [5.74, 6) is 0.996. The summed E-state index contributed by atoms with van der Waals surface area (Å²) in [5.41, 5.74) is 5.08. The third kappa shape index (κ3) is 2.93. The number of fused-ring (bicyclic) bond motifs is 1. The maximum absolute atomic E-state index is 5.54. The van der Waals surface area contributed by atoms with E-state index in [0.717, 1.165) is 5.75 Å². The molecule has 1 atom stereocenters. The van der Waals surface area contributed by atoms with E-state index >= 15 is 0 Å². The highest BCUT2D eigenvalue weighted by molar-refractivity contribution is 14.1. The van der Waals surface area contributed by atoms with Crippen molar-refractivity contribution >= 4 is 39.6 Å². The van der Waals surface area contributed by atoms with Gasteiger partial charge in [-0.2, -0.15) is 0 Å². The first-order valence-corrected chi connectivity index (χ1v) is 9.18. The summed E-state index contributed by atoms with van der Waals surface area (Å²) in [6.07, 6.45) is 3.70. The van der Waals surface area contributed by atoms with Crippen LogP contribution in [0.2, 0.25) is 0 Å². The lowest BCUT2D eigenvalue weighted by atomic mass is 9.93. The van der Waals surface area contributed by atoms with Gasteiger partial charge in [0.15, 0.2) is 0 Å². The van der Waals surface area contributed by atoms with Crippen LogP contribution in [0.4, 0.5) is 5.69 Å². The number of aryl methyl sites for hydroxylation is 2. The van der Waals surface area contributed by atoms with E-state index in [2.05, 4.69) is 60.0 Å². The molecule has 4 heteroatoms. The van der Waals surface area contributed by atoms with Gasteiger partial charge in [0.2, 0.25) is 0 Å². The van der Waals surface area contributed by atoms with Gasteiger partial charge in [0.25, 0.3) is 0 Å². The highest BCUT2D eigenvalue weighted by atomic mass is 127. The van der Waals surface area contributed by atoms with Crippen molar-refractivity contribution in [2.75, 3.05) is 12.4 Å². The fourth-order valence-electron chi connectivity index (χ4n) is 3.16. The summed E-state index contributed by atoms with van der Waals surface area (Å²) in [7, 11) is 1.75. The molecule has 0 bridgehead atoms. The molecule has 0 spiro atoms. The van der Waals surface area contributed by atoms with Crippen LogP contribution in [0.1, 0.15) is 40.5 Å². The van der Waals surface area contributed by atoms with Crippen LogP contribution in [0.15, 0.2) is 18.2 Å². The first kappa shape index (κ1) is 15.2. The molecule has 1 unspecified atom stereocenters. The number of methoxy groups -OCH3 is 1. The summed E-state index contributed by atoms with van der Waals surface area (Å²) in [6, 6.07) is 7.09. The standard InChI is InChI=1S/C17H20INOS/c1-10-7-8-13(11(2)17(10)20-3)19-14-5-4-6-15-12(14)9-16(18)21-15/h7-9,14,19H,4-6H2,1-3H3. The van der Waals surface area contributed by atoms with Crippen LogP contribution >= 0.6 is 33.9 Å². The minimum atomic E-state index is 0.430. The lowest BCUT2D eigenvalue weighted by Gasteiger charge is -2.26. The van der Waals surface area contributed by atoms with Gasteiger partial charge in [0.1, 0.15) is 5.75 Å². The van der Waals surface area contributed by atoms with Gasteiger partial charge in [0.05, 0.1) is 16.0 Å². The Balaban J connectivity index is 1.91. The molecule has 3 rings (SSSR count). The van der Waals surface area contributed by atoms with Crippen molar-refractivity contribution in [2.24, 2.45) is 0 Å². The maximum Gasteiger partial charge on any atom is 0.126 e. The molecule has 1 aliphatic carbocycles. The Labute approximate surface area is 144 Å². The van der Waals surface area contributed by atoms with Crippen LogP contribution in [0, 0.1) is 16.7 Å². The molecular formula is C17H20INOS. The molecule has 0 amide bonds. The van der Waals surface area contributed by atoms with Crippen molar-refractivity contribution in [1.29, 1.82) is 0 Å². The van der Waals surface area contributed by atoms with Gasteiger partial charge in [-0.05, 0) is 79.0 Å². The maximum atomic E-state index is 5.54. The molecule has 2 aromatic rings. The number of nitrogens with one attached hydrogen (secondary N) is 1. The molecule has 0 fully saturated rings. The number of hydrogen-bond acceptors (Lipinski definition) is 3. The summed E-state index contributed by atoms with van der Waals surface area (Å²) < 4.78 is 6.93. The van der Waals surface area contributed by atoms with E-state index in [-0.39, 0.29) is 0 Å². The van der Waals surface area contributed by atoms with Crippen LogP contribution in [0.25, 0.3) is 0 Å². The summed E-state index contributed by atoms with van der Waals surface area (Å²) in [5, 5.41) is 3.74. The van der Waals surface area contributed by atoms with Gasteiger partial charge in [-0.25, -0.2) is 0 Å². The second-order valence-electron chi connectivity index (χ2n) is 5.61. The zero-order chi connectivity index (χ0) is 15.0. The molecule has 1 aromatic carbocycles. The van der Waals surface area contributed by atoms with E-state index in [1.165, 1.54) is 44.5 Å². The first-order chi connectivity index (χ1) is 10.1. The third-order valence-electron chi connectivity index (χ3n) is 4.22. The number of halogens is 1. The number of hydrogen-bond donors (Lipinski definition) is 1. The molecule has 0 aliphatic heterocycles. The lowest BCUT2D eigenvalue weighted by Crippen LogP contribution is -2.16. The molecule has 0 radical (unpaired) electrons. The second kappa shape index (κ2) is 6.16. The predicted molar refractivity (Wildman–Crippen MR) is 98.8 cm³/mol. The molecular weight excluding hydrogens is 393 g/mol. The van der Waals surface area contributed by atoms with Gasteiger partial charge in [-0.15, -0.1) is 11.3 Å². The Kier molecular flexibility index (Phi) is 4.45. The van der Waals surface area contributed by atoms with Gasteiger partial charge in [-0.1, -0.05) is 6.07 Å². The van der Waals surface area contributed by atoms with Crippen molar-refractivity contribution < 1.29 is 4.74 Å². The lowest BCUT2D eigenvalue weighted by molar-refractivity contribution is 0.408.